The van der Waals surface area contributed by atoms with Gasteiger partial charge in [-0.1, -0.05) is 25.6 Å². The molecule has 158 valence electrons. The van der Waals surface area contributed by atoms with Gasteiger partial charge in [-0.05, 0) is 25.8 Å². The monoisotopic (exact) mass is 430 g/mol. The van der Waals surface area contributed by atoms with E-state index >= 15 is 0 Å². The van der Waals surface area contributed by atoms with Crippen molar-refractivity contribution in [1.82, 2.24) is 9.55 Å². The summed E-state index contributed by atoms with van der Waals surface area (Å²) in [6.07, 6.45) is -4.84. The number of aromatic nitrogens is 2. The molecule has 0 radical (unpaired) electrons. The summed E-state index contributed by atoms with van der Waals surface area (Å²) in [5.74, 6) is -0.462. The van der Waals surface area contributed by atoms with Gasteiger partial charge in [-0.3, -0.25) is 14.9 Å². The SMILES string of the molecule is Cc1nc(SCC(=O)Nc2ccc([N+](=O)[O-])cc2C(F)(F)F)n(CC(C)C)c1C. The van der Waals surface area contributed by atoms with E-state index in [4.69, 9.17) is 0 Å². The van der Waals surface area contributed by atoms with Gasteiger partial charge in [-0.15, -0.1) is 0 Å². The minimum atomic E-state index is -4.84. The molecule has 29 heavy (non-hydrogen) atoms. The third kappa shape index (κ3) is 5.72. The maximum Gasteiger partial charge on any atom is 0.418 e. The van der Waals surface area contributed by atoms with E-state index in [0.717, 1.165) is 35.3 Å². The van der Waals surface area contributed by atoms with Gasteiger partial charge in [0, 0.05) is 24.4 Å². The second kappa shape index (κ2) is 8.85. The number of aryl methyl sites for hydroxylation is 1. The van der Waals surface area contributed by atoms with E-state index in [0.29, 0.717) is 23.7 Å². The van der Waals surface area contributed by atoms with E-state index in [2.05, 4.69) is 10.3 Å². The van der Waals surface area contributed by atoms with Gasteiger partial charge in [0.15, 0.2) is 5.16 Å². The van der Waals surface area contributed by atoms with Gasteiger partial charge in [0.25, 0.3) is 5.69 Å². The highest BCUT2D eigenvalue weighted by Gasteiger charge is 2.35. The summed E-state index contributed by atoms with van der Waals surface area (Å²) in [5, 5.41) is 13.6. The minimum absolute atomic E-state index is 0.151. The molecule has 1 aromatic heterocycles. The summed E-state index contributed by atoms with van der Waals surface area (Å²) in [6.45, 7) is 8.56. The van der Waals surface area contributed by atoms with Crippen LogP contribution in [-0.4, -0.2) is 26.1 Å². The minimum Gasteiger partial charge on any atom is -0.325 e. The topological polar surface area (TPSA) is 90.1 Å². The number of non-ortho nitro benzene ring substituents is 1. The lowest BCUT2D eigenvalue weighted by molar-refractivity contribution is -0.385. The molecule has 7 nitrogen and oxygen atoms in total. The molecule has 1 heterocycles. The average Bonchev–Trinajstić information content (AvgIpc) is 2.86. The van der Waals surface area contributed by atoms with E-state index in [1.807, 2.05) is 32.3 Å². The summed E-state index contributed by atoms with van der Waals surface area (Å²) in [5.41, 5.74) is -0.699. The van der Waals surface area contributed by atoms with Crippen molar-refractivity contribution in [3.05, 3.63) is 45.3 Å². The van der Waals surface area contributed by atoms with Crippen LogP contribution in [0, 0.1) is 29.9 Å². The van der Waals surface area contributed by atoms with Crippen LogP contribution in [-0.2, 0) is 17.5 Å². The molecule has 0 fully saturated rings. The van der Waals surface area contributed by atoms with Gasteiger partial charge in [0.2, 0.25) is 5.91 Å². The van der Waals surface area contributed by atoms with Crippen LogP contribution < -0.4 is 5.32 Å². The molecule has 2 rings (SSSR count). The Kier molecular flexibility index (Phi) is 6.93. The first-order valence-corrected chi connectivity index (χ1v) is 9.70. The summed E-state index contributed by atoms with van der Waals surface area (Å²) in [7, 11) is 0. The zero-order valence-electron chi connectivity index (χ0n) is 16.3. The molecule has 11 heteroatoms. The number of nitro benzene ring substituents is 1. The van der Waals surface area contributed by atoms with Gasteiger partial charge in [-0.2, -0.15) is 13.2 Å². The Hall–Kier alpha value is -2.56. The lowest BCUT2D eigenvalue weighted by Crippen LogP contribution is -2.19. The van der Waals surface area contributed by atoms with Crippen LogP contribution in [0.15, 0.2) is 23.4 Å². The van der Waals surface area contributed by atoms with Gasteiger partial charge in [0.1, 0.15) is 0 Å². The van der Waals surface area contributed by atoms with Crippen molar-refractivity contribution in [1.29, 1.82) is 0 Å². The number of benzene rings is 1. The molecule has 0 aliphatic rings. The van der Waals surface area contributed by atoms with Crippen LogP contribution >= 0.6 is 11.8 Å². The van der Waals surface area contributed by atoms with Crippen molar-refractivity contribution < 1.29 is 22.9 Å². The Balaban J connectivity index is 2.16. The Labute approximate surface area is 169 Å². The first kappa shape index (κ1) is 22.7. The Bertz CT molecular complexity index is 926. The number of nitrogens with one attached hydrogen (secondary N) is 1. The highest BCUT2D eigenvalue weighted by Crippen LogP contribution is 2.37. The molecular formula is C18H21F3N4O3S. The number of alkyl halides is 3. The Morgan fingerprint density at radius 2 is 2.00 bits per heavy atom. The van der Waals surface area contributed by atoms with E-state index in [9.17, 15) is 28.1 Å². The molecule has 2 aromatic rings. The van der Waals surface area contributed by atoms with Crippen LogP contribution in [0.2, 0.25) is 0 Å². The average molecular weight is 430 g/mol. The van der Waals surface area contributed by atoms with Gasteiger partial charge < -0.3 is 9.88 Å². The number of nitrogens with zero attached hydrogens (tertiary/aromatic N) is 3. The van der Waals surface area contributed by atoms with Crippen LogP contribution in [0.25, 0.3) is 0 Å². The zero-order chi connectivity index (χ0) is 21.9. The number of thioether (sulfide) groups is 1. The molecule has 0 atom stereocenters. The molecular weight excluding hydrogens is 409 g/mol. The van der Waals surface area contributed by atoms with E-state index in [1.54, 1.807) is 0 Å². The number of amides is 1. The number of anilines is 1. The molecule has 0 bridgehead atoms. The number of rotatable bonds is 7. The standard InChI is InChI=1S/C18H21F3N4O3S/c1-10(2)8-24-12(4)11(3)22-17(24)29-9-16(26)23-15-6-5-13(25(27)28)7-14(15)18(19,20)21/h5-7,10H,8-9H2,1-4H3,(H,23,26). The molecule has 0 aliphatic carbocycles. The number of carbonyl (C=O) groups excluding carboxylic acids is 1. The predicted molar refractivity (Wildman–Crippen MR) is 104 cm³/mol. The lowest BCUT2D eigenvalue weighted by atomic mass is 10.1. The van der Waals surface area contributed by atoms with E-state index in [-0.39, 0.29) is 5.75 Å². The number of hydrogen-bond donors (Lipinski definition) is 1. The van der Waals surface area contributed by atoms with Crippen LogP contribution in [0.3, 0.4) is 0 Å². The fourth-order valence-electron chi connectivity index (χ4n) is 2.62. The first-order valence-electron chi connectivity index (χ1n) is 8.72. The summed E-state index contributed by atoms with van der Waals surface area (Å²) >= 11 is 1.12. The molecule has 0 saturated heterocycles. The maximum atomic E-state index is 13.2. The molecule has 0 unspecified atom stereocenters. The number of imidazole rings is 1. The van der Waals surface area contributed by atoms with Crippen molar-refractivity contribution in [2.75, 3.05) is 11.1 Å². The van der Waals surface area contributed by atoms with Crippen molar-refractivity contribution in [3.63, 3.8) is 0 Å². The Morgan fingerprint density at radius 1 is 1.34 bits per heavy atom. The number of halogens is 3. The quantitative estimate of drug-likeness (QED) is 0.387. The van der Waals surface area contributed by atoms with Gasteiger partial charge in [-0.25, -0.2) is 4.98 Å². The van der Waals surface area contributed by atoms with Crippen molar-refractivity contribution in [2.24, 2.45) is 5.92 Å². The predicted octanol–water partition coefficient (Wildman–Crippen LogP) is 4.81. The second-order valence-electron chi connectivity index (χ2n) is 6.89. The first-order chi connectivity index (χ1) is 13.4. The van der Waals surface area contributed by atoms with Crippen LogP contribution in [0.5, 0.6) is 0 Å². The lowest BCUT2D eigenvalue weighted by Gasteiger charge is -2.14. The number of nitro groups is 1. The third-order valence-electron chi connectivity index (χ3n) is 4.10. The molecule has 0 saturated carbocycles. The van der Waals surface area contributed by atoms with Gasteiger partial charge in [0.05, 0.1) is 27.6 Å². The fraction of sp³-hybridized carbons (Fsp3) is 0.444. The van der Waals surface area contributed by atoms with Crippen molar-refractivity contribution >= 4 is 29.0 Å². The highest BCUT2D eigenvalue weighted by atomic mass is 32.2. The van der Waals surface area contributed by atoms with Crippen LogP contribution in [0.4, 0.5) is 24.5 Å². The summed E-state index contributed by atoms with van der Waals surface area (Å²) in [4.78, 5) is 26.5. The maximum absolute atomic E-state index is 13.2. The molecule has 1 N–H and O–H groups in total. The van der Waals surface area contributed by atoms with Crippen LogP contribution in [0.1, 0.15) is 30.8 Å². The number of carbonyl (C=O) groups is 1. The largest absolute Gasteiger partial charge is 0.418 e. The smallest absolute Gasteiger partial charge is 0.325 e. The molecule has 0 aliphatic heterocycles. The number of hydrogen-bond acceptors (Lipinski definition) is 5. The summed E-state index contributed by atoms with van der Waals surface area (Å²) < 4.78 is 41.6. The van der Waals surface area contributed by atoms with E-state index < -0.39 is 33.9 Å². The molecule has 1 aromatic carbocycles. The Morgan fingerprint density at radius 3 is 2.55 bits per heavy atom. The zero-order valence-corrected chi connectivity index (χ0v) is 17.1. The third-order valence-corrected chi connectivity index (χ3v) is 5.07. The second-order valence-corrected chi connectivity index (χ2v) is 7.83. The van der Waals surface area contributed by atoms with E-state index in [1.165, 1.54) is 0 Å². The van der Waals surface area contributed by atoms with Gasteiger partial charge >= 0.3 is 6.18 Å². The summed E-state index contributed by atoms with van der Waals surface area (Å²) in [6, 6.07) is 2.21. The highest BCUT2D eigenvalue weighted by molar-refractivity contribution is 7.99. The van der Waals surface area contributed by atoms with Crippen molar-refractivity contribution in [2.45, 2.75) is 45.6 Å². The fourth-order valence-corrected chi connectivity index (χ4v) is 3.52. The molecule has 0 spiro atoms. The normalized spacial score (nSPS) is 11.7. The molecule has 1 amide bonds. The van der Waals surface area contributed by atoms with Crippen molar-refractivity contribution in [3.8, 4) is 0 Å².